The van der Waals surface area contributed by atoms with Crippen LogP contribution in [0.5, 0.6) is 0 Å². The molecule has 0 saturated heterocycles. The summed E-state index contributed by atoms with van der Waals surface area (Å²) < 4.78 is 0. The molecule has 0 amide bonds. The van der Waals surface area contributed by atoms with Crippen molar-refractivity contribution >= 4 is 0 Å². The van der Waals surface area contributed by atoms with Crippen molar-refractivity contribution in [2.24, 2.45) is 5.84 Å². The van der Waals surface area contributed by atoms with E-state index in [1.807, 2.05) is 24.1 Å². The van der Waals surface area contributed by atoms with Crippen LogP contribution in [0.15, 0.2) is 0 Å². The molecule has 0 aliphatic carbocycles. The second-order valence-electron chi connectivity index (χ2n) is 2.31. The Kier molecular flexibility index (Phi) is 4.55. The van der Waals surface area contributed by atoms with Gasteiger partial charge in [-0.25, -0.2) is 15.9 Å². The smallest absolute Gasteiger partial charge is 0.0132 e. The average Bonchev–Trinajstić information content (AvgIpc) is 1.90. The highest BCUT2D eigenvalue weighted by atomic mass is 15.9. The Morgan fingerprint density at radius 1 is 1.10 bits per heavy atom. The van der Waals surface area contributed by atoms with Crippen LogP contribution in [-0.4, -0.2) is 42.4 Å². The van der Waals surface area contributed by atoms with Gasteiger partial charge in [0.15, 0.2) is 0 Å². The minimum atomic E-state index is 0.936. The summed E-state index contributed by atoms with van der Waals surface area (Å²) in [5.74, 6) is 5.67. The molecule has 10 heavy (non-hydrogen) atoms. The Balaban J connectivity index is 3.76. The van der Waals surface area contributed by atoms with Crippen LogP contribution in [0.4, 0.5) is 0 Å². The molecule has 0 aromatic carbocycles. The lowest BCUT2D eigenvalue weighted by Crippen LogP contribution is -2.54. The third-order valence-electron chi connectivity index (χ3n) is 1.43. The lowest BCUT2D eigenvalue weighted by molar-refractivity contribution is -0.159. The van der Waals surface area contributed by atoms with Crippen LogP contribution in [-0.2, 0) is 0 Å². The van der Waals surface area contributed by atoms with Gasteiger partial charge in [-0.15, -0.1) is 5.23 Å². The van der Waals surface area contributed by atoms with Gasteiger partial charge in [-0.05, 0) is 0 Å². The van der Waals surface area contributed by atoms with Gasteiger partial charge in [0.25, 0.3) is 0 Å². The number of rotatable bonds is 4. The fourth-order valence-electron chi connectivity index (χ4n) is 0.766. The summed E-state index contributed by atoms with van der Waals surface area (Å²) in [6.45, 7) is 6.02. The molecule has 0 heterocycles. The summed E-state index contributed by atoms with van der Waals surface area (Å²) >= 11 is 0. The van der Waals surface area contributed by atoms with Gasteiger partial charge in [0, 0.05) is 27.2 Å². The van der Waals surface area contributed by atoms with Crippen LogP contribution in [0.25, 0.3) is 0 Å². The Morgan fingerprint density at radius 3 is 1.60 bits per heavy atom. The van der Waals surface area contributed by atoms with Crippen molar-refractivity contribution in [1.29, 1.82) is 0 Å². The van der Waals surface area contributed by atoms with Crippen LogP contribution in [0.2, 0.25) is 0 Å². The minimum absolute atomic E-state index is 0.936. The molecule has 2 N–H and O–H groups in total. The predicted molar refractivity (Wildman–Crippen MR) is 42.6 cm³/mol. The molecule has 4 nitrogen and oxygen atoms in total. The molecule has 0 bridgehead atoms. The third kappa shape index (κ3) is 2.62. The van der Waals surface area contributed by atoms with E-state index in [0.29, 0.717) is 0 Å². The quantitative estimate of drug-likeness (QED) is 0.443. The normalized spacial score (nSPS) is 12.0. The van der Waals surface area contributed by atoms with E-state index in [-0.39, 0.29) is 0 Å². The molecule has 0 aromatic rings. The van der Waals surface area contributed by atoms with Gasteiger partial charge in [0.05, 0.1) is 0 Å². The maximum Gasteiger partial charge on any atom is 0.0132 e. The SMILES string of the molecule is CCN(CC)N(N)N(C)C. The van der Waals surface area contributed by atoms with E-state index in [2.05, 4.69) is 13.8 Å². The molecule has 0 spiro atoms. The van der Waals surface area contributed by atoms with Crippen LogP contribution in [0, 0.1) is 0 Å². The Bertz CT molecular complexity index is 79.8. The van der Waals surface area contributed by atoms with E-state index in [4.69, 9.17) is 5.84 Å². The van der Waals surface area contributed by atoms with Gasteiger partial charge in [-0.2, -0.15) is 0 Å². The topological polar surface area (TPSA) is 35.7 Å². The van der Waals surface area contributed by atoms with Crippen LogP contribution >= 0.6 is 0 Å². The summed E-state index contributed by atoms with van der Waals surface area (Å²) in [7, 11) is 3.83. The number of hydrogen-bond acceptors (Lipinski definition) is 4. The van der Waals surface area contributed by atoms with Gasteiger partial charge in [0.1, 0.15) is 0 Å². The lowest BCUT2D eigenvalue weighted by atomic mass is 10.6. The van der Waals surface area contributed by atoms with Gasteiger partial charge in [0.2, 0.25) is 0 Å². The first kappa shape index (κ1) is 9.84. The summed E-state index contributed by atoms with van der Waals surface area (Å²) in [4.78, 5) is 0. The van der Waals surface area contributed by atoms with E-state index in [9.17, 15) is 0 Å². The van der Waals surface area contributed by atoms with Gasteiger partial charge in [-0.1, -0.05) is 13.8 Å². The Morgan fingerprint density at radius 2 is 1.50 bits per heavy atom. The monoisotopic (exact) mass is 146 g/mol. The third-order valence-corrected chi connectivity index (χ3v) is 1.43. The Labute approximate surface area is 63.1 Å². The van der Waals surface area contributed by atoms with Gasteiger partial charge in [-0.3, -0.25) is 0 Å². The fourth-order valence-corrected chi connectivity index (χ4v) is 0.766. The van der Waals surface area contributed by atoms with Crippen LogP contribution in [0.3, 0.4) is 0 Å². The molecule has 0 fully saturated rings. The number of hydrazine groups is 3. The van der Waals surface area contributed by atoms with Crippen molar-refractivity contribution in [2.75, 3.05) is 27.2 Å². The average molecular weight is 146 g/mol. The van der Waals surface area contributed by atoms with Crippen LogP contribution < -0.4 is 5.84 Å². The van der Waals surface area contributed by atoms with Crippen molar-refractivity contribution in [1.82, 2.24) is 15.2 Å². The maximum absolute atomic E-state index is 5.67. The molecular formula is C6H18N4. The zero-order chi connectivity index (χ0) is 8.15. The highest BCUT2D eigenvalue weighted by Crippen LogP contribution is 1.91. The first-order valence-electron chi connectivity index (χ1n) is 3.60. The molecule has 0 saturated carbocycles. The minimum Gasteiger partial charge on any atom is -0.240 e. The van der Waals surface area contributed by atoms with Crippen molar-refractivity contribution in [3.8, 4) is 0 Å². The maximum atomic E-state index is 5.67. The van der Waals surface area contributed by atoms with E-state index in [1.165, 1.54) is 0 Å². The molecule has 0 aromatic heterocycles. The van der Waals surface area contributed by atoms with Crippen LogP contribution in [0.1, 0.15) is 13.8 Å². The Hall–Kier alpha value is -0.160. The zero-order valence-corrected chi connectivity index (χ0v) is 7.33. The van der Waals surface area contributed by atoms with E-state index < -0.39 is 0 Å². The molecular weight excluding hydrogens is 128 g/mol. The highest BCUT2D eigenvalue weighted by molar-refractivity contribution is 4.40. The van der Waals surface area contributed by atoms with Crippen molar-refractivity contribution < 1.29 is 0 Å². The second-order valence-corrected chi connectivity index (χ2v) is 2.31. The van der Waals surface area contributed by atoms with Gasteiger partial charge < -0.3 is 0 Å². The van der Waals surface area contributed by atoms with E-state index in [0.717, 1.165) is 13.1 Å². The first-order valence-corrected chi connectivity index (χ1v) is 3.60. The summed E-state index contributed by atoms with van der Waals surface area (Å²) in [5, 5.41) is 5.48. The molecule has 0 aliphatic rings. The standard InChI is InChI=1S/C6H18N4/c1-5-9(6-2)10(7)8(3)4/h5-7H2,1-4H3. The first-order chi connectivity index (χ1) is 4.63. The molecule has 0 unspecified atom stereocenters. The van der Waals surface area contributed by atoms with E-state index in [1.54, 1.807) is 5.23 Å². The summed E-state index contributed by atoms with van der Waals surface area (Å²) in [5.41, 5.74) is 0. The van der Waals surface area contributed by atoms with Gasteiger partial charge >= 0.3 is 0 Å². The molecule has 0 atom stereocenters. The van der Waals surface area contributed by atoms with Crippen molar-refractivity contribution in [3.63, 3.8) is 0 Å². The predicted octanol–water partition coefficient (Wildman–Crippen LogP) is -0.104. The zero-order valence-electron chi connectivity index (χ0n) is 7.33. The molecule has 0 rings (SSSR count). The summed E-state index contributed by atoms with van der Waals surface area (Å²) in [6.07, 6.45) is 0. The number of hydrogen-bond donors (Lipinski definition) is 1. The molecule has 62 valence electrons. The fraction of sp³-hybridized carbons (Fsp3) is 1.00. The summed E-state index contributed by atoms with van der Waals surface area (Å²) in [6, 6.07) is 0. The highest BCUT2D eigenvalue weighted by Gasteiger charge is 2.07. The van der Waals surface area contributed by atoms with Crippen molar-refractivity contribution in [2.45, 2.75) is 13.8 Å². The van der Waals surface area contributed by atoms with E-state index >= 15 is 0 Å². The number of nitrogens with zero attached hydrogens (tertiary/aromatic N) is 3. The number of nitrogens with two attached hydrogens (primary N) is 1. The molecule has 0 aliphatic heterocycles. The lowest BCUT2D eigenvalue weighted by Gasteiger charge is -2.33. The largest absolute Gasteiger partial charge is 0.240 e. The molecule has 4 heteroatoms. The second kappa shape index (κ2) is 4.62. The molecule has 0 radical (unpaired) electrons. The van der Waals surface area contributed by atoms with Crippen molar-refractivity contribution in [3.05, 3.63) is 0 Å².